The van der Waals surface area contributed by atoms with Gasteiger partial charge in [0.05, 0.1) is 11.1 Å². The molecule has 0 spiro atoms. The first-order valence-corrected chi connectivity index (χ1v) is 10.6. The Hall–Kier alpha value is -2.70. The standard InChI is InChI=1S/C22H27N3O4/c1-2-3-10-25-21(28)17-7-6-15(13-18(17)22(25)29)20(27)24-11-8-16(9-12-24)23-19(26)14-4-5-14/h6-7,13-14,16H,2-5,8-12H2,1H3,(H,23,26). The Morgan fingerprint density at radius 3 is 2.38 bits per heavy atom. The van der Waals surface area contributed by atoms with Gasteiger partial charge in [-0.1, -0.05) is 13.3 Å². The van der Waals surface area contributed by atoms with Crippen molar-refractivity contribution in [3.8, 4) is 0 Å². The van der Waals surface area contributed by atoms with Crippen molar-refractivity contribution in [2.45, 2.75) is 51.5 Å². The van der Waals surface area contributed by atoms with Gasteiger partial charge >= 0.3 is 0 Å². The van der Waals surface area contributed by atoms with E-state index in [1.807, 2.05) is 6.92 Å². The molecule has 1 aromatic carbocycles. The lowest BCUT2D eigenvalue weighted by Crippen LogP contribution is -2.46. The molecule has 0 atom stereocenters. The van der Waals surface area contributed by atoms with Crippen LogP contribution >= 0.6 is 0 Å². The highest BCUT2D eigenvalue weighted by Gasteiger charge is 2.36. The number of rotatable bonds is 6. The van der Waals surface area contributed by atoms with E-state index in [0.29, 0.717) is 36.3 Å². The minimum atomic E-state index is -0.311. The number of carbonyl (C=O) groups is 4. The van der Waals surface area contributed by atoms with Crippen LogP contribution in [0.15, 0.2) is 18.2 Å². The van der Waals surface area contributed by atoms with Gasteiger partial charge in [0.25, 0.3) is 17.7 Å². The van der Waals surface area contributed by atoms with Crippen molar-refractivity contribution in [3.05, 3.63) is 34.9 Å². The Morgan fingerprint density at radius 1 is 1.03 bits per heavy atom. The Morgan fingerprint density at radius 2 is 1.72 bits per heavy atom. The minimum Gasteiger partial charge on any atom is -0.353 e. The van der Waals surface area contributed by atoms with Crippen LogP contribution in [0.3, 0.4) is 0 Å². The van der Waals surface area contributed by atoms with Gasteiger partial charge in [-0.15, -0.1) is 0 Å². The van der Waals surface area contributed by atoms with E-state index >= 15 is 0 Å². The summed E-state index contributed by atoms with van der Waals surface area (Å²) < 4.78 is 0. The number of hydrogen-bond donors (Lipinski definition) is 1. The maximum absolute atomic E-state index is 12.9. The van der Waals surface area contributed by atoms with Crippen molar-refractivity contribution >= 4 is 23.6 Å². The summed E-state index contributed by atoms with van der Waals surface area (Å²) in [6, 6.07) is 4.91. The van der Waals surface area contributed by atoms with Crippen LogP contribution in [0.2, 0.25) is 0 Å². The lowest BCUT2D eigenvalue weighted by Gasteiger charge is -2.32. The molecule has 0 bridgehead atoms. The van der Waals surface area contributed by atoms with Gasteiger partial charge in [-0.25, -0.2) is 0 Å². The van der Waals surface area contributed by atoms with Crippen LogP contribution in [0, 0.1) is 5.92 Å². The Balaban J connectivity index is 1.39. The molecule has 0 radical (unpaired) electrons. The van der Waals surface area contributed by atoms with Crippen molar-refractivity contribution in [1.29, 1.82) is 0 Å². The summed E-state index contributed by atoms with van der Waals surface area (Å²) in [6.07, 6.45) is 5.10. The fraction of sp³-hybridized carbons (Fsp3) is 0.545. The van der Waals surface area contributed by atoms with E-state index < -0.39 is 0 Å². The lowest BCUT2D eigenvalue weighted by molar-refractivity contribution is -0.123. The van der Waals surface area contributed by atoms with Crippen LogP contribution in [-0.4, -0.2) is 59.1 Å². The van der Waals surface area contributed by atoms with Crippen molar-refractivity contribution in [2.75, 3.05) is 19.6 Å². The zero-order valence-electron chi connectivity index (χ0n) is 16.8. The molecule has 4 rings (SSSR count). The maximum Gasteiger partial charge on any atom is 0.261 e. The fourth-order valence-electron chi connectivity index (χ4n) is 4.02. The number of hydrogen-bond acceptors (Lipinski definition) is 4. The number of imide groups is 1. The number of nitrogens with zero attached hydrogens (tertiary/aromatic N) is 2. The number of benzene rings is 1. The molecule has 2 aliphatic heterocycles. The Bertz CT molecular complexity index is 854. The molecule has 1 aliphatic carbocycles. The normalized spacial score (nSPS) is 19.5. The Kier molecular flexibility index (Phi) is 5.39. The van der Waals surface area contributed by atoms with Crippen molar-refractivity contribution < 1.29 is 19.2 Å². The molecule has 154 valence electrons. The van der Waals surface area contributed by atoms with E-state index in [1.54, 1.807) is 23.1 Å². The van der Waals surface area contributed by atoms with Gasteiger partial charge < -0.3 is 10.2 Å². The SMILES string of the molecule is CCCCN1C(=O)c2ccc(C(=O)N3CCC(NC(=O)C4CC4)CC3)cc2C1=O. The predicted molar refractivity (Wildman–Crippen MR) is 107 cm³/mol. The molecule has 0 unspecified atom stereocenters. The molecule has 1 N–H and O–H groups in total. The zero-order valence-corrected chi connectivity index (χ0v) is 16.8. The average molecular weight is 397 g/mol. The van der Waals surface area contributed by atoms with Crippen LogP contribution in [-0.2, 0) is 4.79 Å². The topological polar surface area (TPSA) is 86.8 Å². The molecule has 4 amide bonds. The van der Waals surface area contributed by atoms with Gasteiger partial charge in [0.15, 0.2) is 0 Å². The minimum absolute atomic E-state index is 0.124. The molecule has 7 nitrogen and oxygen atoms in total. The zero-order chi connectivity index (χ0) is 20.5. The second kappa shape index (κ2) is 7.97. The van der Waals surface area contributed by atoms with E-state index in [1.165, 1.54) is 4.90 Å². The molecular weight excluding hydrogens is 370 g/mol. The van der Waals surface area contributed by atoms with Gasteiger partial charge in [0.2, 0.25) is 5.91 Å². The van der Waals surface area contributed by atoms with Crippen molar-refractivity contribution in [3.63, 3.8) is 0 Å². The highest BCUT2D eigenvalue weighted by molar-refractivity contribution is 6.22. The molecule has 2 fully saturated rings. The predicted octanol–water partition coefficient (Wildman–Crippen LogP) is 2.21. The molecule has 1 saturated heterocycles. The summed E-state index contributed by atoms with van der Waals surface area (Å²) in [5, 5.41) is 3.08. The summed E-state index contributed by atoms with van der Waals surface area (Å²) in [6.45, 7) is 3.56. The molecule has 1 aromatic rings. The van der Waals surface area contributed by atoms with Crippen molar-refractivity contribution in [1.82, 2.24) is 15.1 Å². The third-order valence-corrected chi connectivity index (χ3v) is 6.03. The van der Waals surface area contributed by atoms with E-state index in [-0.39, 0.29) is 35.6 Å². The van der Waals surface area contributed by atoms with Gasteiger partial charge in [0.1, 0.15) is 0 Å². The molecule has 3 aliphatic rings. The highest BCUT2D eigenvalue weighted by atomic mass is 16.2. The number of unbranched alkanes of at least 4 members (excludes halogenated alkanes) is 1. The summed E-state index contributed by atoms with van der Waals surface area (Å²) in [4.78, 5) is 52.9. The molecule has 7 heteroatoms. The van der Waals surface area contributed by atoms with Crippen LogP contribution in [0.4, 0.5) is 0 Å². The quantitative estimate of drug-likeness (QED) is 0.746. The van der Waals surface area contributed by atoms with Crippen LogP contribution in [0.5, 0.6) is 0 Å². The first-order valence-electron chi connectivity index (χ1n) is 10.6. The number of carbonyl (C=O) groups excluding carboxylic acids is 4. The number of amides is 4. The fourth-order valence-corrected chi connectivity index (χ4v) is 4.02. The number of likely N-dealkylation sites (tertiary alicyclic amines) is 1. The number of fused-ring (bicyclic) bond motifs is 1. The third-order valence-electron chi connectivity index (χ3n) is 6.03. The number of nitrogens with one attached hydrogen (secondary N) is 1. The monoisotopic (exact) mass is 397 g/mol. The average Bonchev–Trinajstić information content (AvgIpc) is 3.55. The molecule has 29 heavy (non-hydrogen) atoms. The second-order valence-corrected chi connectivity index (χ2v) is 8.23. The summed E-state index contributed by atoms with van der Waals surface area (Å²) in [5.74, 6) is -0.381. The molecule has 2 heterocycles. The summed E-state index contributed by atoms with van der Waals surface area (Å²) >= 11 is 0. The third kappa shape index (κ3) is 3.91. The lowest BCUT2D eigenvalue weighted by atomic mass is 10.0. The van der Waals surface area contributed by atoms with Crippen LogP contribution in [0.25, 0.3) is 0 Å². The maximum atomic E-state index is 12.9. The van der Waals surface area contributed by atoms with Gasteiger partial charge in [-0.05, 0) is 50.3 Å². The summed E-state index contributed by atoms with van der Waals surface area (Å²) in [7, 11) is 0. The van der Waals surface area contributed by atoms with E-state index in [9.17, 15) is 19.2 Å². The smallest absolute Gasteiger partial charge is 0.261 e. The molecular formula is C22H27N3O4. The summed E-state index contributed by atoms with van der Waals surface area (Å²) in [5.41, 5.74) is 1.13. The Labute approximate surface area is 170 Å². The van der Waals surface area contributed by atoms with Gasteiger partial charge in [-0.3, -0.25) is 24.1 Å². The van der Waals surface area contributed by atoms with Gasteiger partial charge in [0, 0.05) is 37.2 Å². The van der Waals surface area contributed by atoms with Crippen molar-refractivity contribution in [2.24, 2.45) is 5.92 Å². The van der Waals surface area contributed by atoms with E-state index in [0.717, 1.165) is 38.5 Å². The van der Waals surface area contributed by atoms with Crippen LogP contribution in [0.1, 0.15) is 76.5 Å². The van der Waals surface area contributed by atoms with E-state index in [4.69, 9.17) is 0 Å². The first-order chi connectivity index (χ1) is 14.0. The second-order valence-electron chi connectivity index (χ2n) is 8.23. The molecule has 0 aromatic heterocycles. The van der Waals surface area contributed by atoms with Gasteiger partial charge in [-0.2, -0.15) is 0 Å². The molecule has 1 saturated carbocycles. The largest absolute Gasteiger partial charge is 0.353 e. The highest BCUT2D eigenvalue weighted by Crippen LogP contribution is 2.29. The van der Waals surface area contributed by atoms with E-state index in [2.05, 4.69) is 5.32 Å². The number of piperidine rings is 1. The van der Waals surface area contributed by atoms with Crippen LogP contribution < -0.4 is 5.32 Å². The first kappa shape index (κ1) is 19.6.